The Morgan fingerprint density at radius 1 is 1.38 bits per heavy atom. The van der Waals surface area contributed by atoms with E-state index in [2.05, 4.69) is 0 Å². The molecule has 0 aromatic heterocycles. The average molecular weight is 306 g/mol. The number of likely N-dealkylation sites (tertiary alicyclic amines) is 1. The van der Waals surface area contributed by atoms with E-state index in [1.54, 1.807) is 17.0 Å². The Bertz CT molecular complexity index is 557. The van der Waals surface area contributed by atoms with E-state index in [4.69, 9.17) is 22.7 Å². The molecule has 0 bridgehead atoms. The van der Waals surface area contributed by atoms with Crippen LogP contribution in [0.3, 0.4) is 0 Å². The fraction of sp³-hybridized carbons (Fsp3) is 0.400. The van der Waals surface area contributed by atoms with E-state index in [1.165, 1.54) is 7.11 Å². The maximum absolute atomic E-state index is 12.3. The second kappa shape index (κ2) is 6.67. The summed E-state index contributed by atoms with van der Waals surface area (Å²) < 4.78 is 4.75. The van der Waals surface area contributed by atoms with Crippen molar-refractivity contribution >= 4 is 29.1 Å². The fourth-order valence-electron chi connectivity index (χ4n) is 2.51. The number of carbonyl (C=O) groups excluding carboxylic acids is 2. The quantitative estimate of drug-likeness (QED) is 0.664. The summed E-state index contributed by atoms with van der Waals surface area (Å²) in [4.78, 5) is 25.9. The summed E-state index contributed by atoms with van der Waals surface area (Å²) in [5.41, 5.74) is 7.18. The molecule has 2 N–H and O–H groups in total. The van der Waals surface area contributed by atoms with Crippen LogP contribution < -0.4 is 5.73 Å². The molecular weight excluding hydrogens is 288 g/mol. The number of nitrogens with two attached hydrogens (primary N) is 1. The molecule has 1 aromatic rings. The summed E-state index contributed by atoms with van der Waals surface area (Å²) >= 11 is 4.89. The second-order valence-electron chi connectivity index (χ2n) is 5.01. The van der Waals surface area contributed by atoms with Crippen LogP contribution in [0.25, 0.3) is 0 Å². The summed E-state index contributed by atoms with van der Waals surface area (Å²) in [5.74, 6) is -0.407. The lowest BCUT2D eigenvalue weighted by atomic mass is 10.1. The second-order valence-corrected chi connectivity index (χ2v) is 5.45. The number of amides is 1. The Balaban J connectivity index is 2.03. The molecule has 112 valence electrons. The Kier molecular flexibility index (Phi) is 4.90. The molecule has 6 heteroatoms. The minimum absolute atomic E-state index is 0.0639. The van der Waals surface area contributed by atoms with Gasteiger partial charge in [0.15, 0.2) is 0 Å². The smallest absolute Gasteiger partial charge is 0.328 e. The van der Waals surface area contributed by atoms with Crippen LogP contribution in [0.2, 0.25) is 0 Å². The molecule has 1 fully saturated rings. The molecule has 1 aliphatic heterocycles. The van der Waals surface area contributed by atoms with Crippen LogP contribution >= 0.6 is 12.2 Å². The highest BCUT2D eigenvalue weighted by Gasteiger charge is 2.34. The van der Waals surface area contributed by atoms with Crippen LogP contribution in [-0.2, 0) is 20.7 Å². The number of carbonyl (C=O) groups is 2. The van der Waals surface area contributed by atoms with Crippen LogP contribution in [0.15, 0.2) is 24.3 Å². The normalized spacial score (nSPS) is 17.6. The van der Waals surface area contributed by atoms with Gasteiger partial charge in [0.05, 0.1) is 13.5 Å². The summed E-state index contributed by atoms with van der Waals surface area (Å²) in [5, 5.41) is 0. The van der Waals surface area contributed by atoms with Crippen LogP contribution in [0.5, 0.6) is 0 Å². The van der Waals surface area contributed by atoms with E-state index < -0.39 is 6.04 Å². The zero-order valence-corrected chi connectivity index (χ0v) is 12.7. The molecule has 2 rings (SSSR count). The van der Waals surface area contributed by atoms with Gasteiger partial charge in [0.2, 0.25) is 5.91 Å². The highest BCUT2D eigenvalue weighted by Crippen LogP contribution is 2.20. The number of hydrogen-bond donors (Lipinski definition) is 1. The third kappa shape index (κ3) is 3.58. The number of methoxy groups -OCH3 is 1. The molecule has 1 atom stereocenters. The summed E-state index contributed by atoms with van der Waals surface area (Å²) in [6, 6.07) is 6.81. The van der Waals surface area contributed by atoms with Crippen molar-refractivity contribution in [2.24, 2.45) is 5.73 Å². The van der Waals surface area contributed by atoms with Gasteiger partial charge in [0.1, 0.15) is 11.0 Å². The van der Waals surface area contributed by atoms with Gasteiger partial charge in [-0.1, -0.05) is 36.5 Å². The highest BCUT2D eigenvalue weighted by atomic mass is 32.1. The molecule has 5 nitrogen and oxygen atoms in total. The SMILES string of the molecule is COC(=O)C1CCCN1C(=O)Cc1ccc(C(N)=S)cc1. The zero-order chi connectivity index (χ0) is 15.4. The number of benzene rings is 1. The Morgan fingerprint density at radius 3 is 2.62 bits per heavy atom. The predicted molar refractivity (Wildman–Crippen MR) is 82.8 cm³/mol. The van der Waals surface area contributed by atoms with Crippen molar-refractivity contribution in [1.29, 1.82) is 0 Å². The number of hydrogen-bond acceptors (Lipinski definition) is 4. The van der Waals surface area contributed by atoms with E-state index in [0.717, 1.165) is 17.5 Å². The Labute approximate surface area is 129 Å². The van der Waals surface area contributed by atoms with Gasteiger partial charge in [-0.25, -0.2) is 4.79 Å². The van der Waals surface area contributed by atoms with E-state index in [-0.39, 0.29) is 18.3 Å². The number of thiocarbonyl (C=S) groups is 1. The van der Waals surface area contributed by atoms with E-state index in [0.29, 0.717) is 18.0 Å². The molecule has 1 heterocycles. The monoisotopic (exact) mass is 306 g/mol. The van der Waals surface area contributed by atoms with Gasteiger partial charge in [0, 0.05) is 12.1 Å². The Morgan fingerprint density at radius 2 is 2.05 bits per heavy atom. The van der Waals surface area contributed by atoms with Crippen molar-refractivity contribution in [1.82, 2.24) is 4.90 Å². The van der Waals surface area contributed by atoms with Gasteiger partial charge in [-0.05, 0) is 18.4 Å². The number of ether oxygens (including phenoxy) is 1. The summed E-state index contributed by atoms with van der Waals surface area (Å²) in [6.07, 6.45) is 1.75. The van der Waals surface area contributed by atoms with Gasteiger partial charge in [-0.3, -0.25) is 4.79 Å². The third-order valence-electron chi connectivity index (χ3n) is 3.64. The summed E-state index contributed by atoms with van der Waals surface area (Å²) in [6.45, 7) is 0.601. The molecule has 1 unspecified atom stereocenters. The van der Waals surface area contributed by atoms with Crippen molar-refractivity contribution in [2.45, 2.75) is 25.3 Å². The molecule has 0 spiro atoms. The molecule has 0 radical (unpaired) electrons. The van der Waals surface area contributed by atoms with E-state index in [1.807, 2.05) is 12.1 Å². The molecule has 1 aliphatic rings. The molecule has 1 saturated heterocycles. The standard InChI is InChI=1S/C15H18N2O3S/c1-20-15(19)12-3-2-8-17(12)13(18)9-10-4-6-11(7-5-10)14(16)21/h4-7,12H,2-3,8-9H2,1H3,(H2,16,21). The van der Waals surface area contributed by atoms with Gasteiger partial charge in [0.25, 0.3) is 0 Å². The predicted octanol–water partition coefficient (Wildman–Crippen LogP) is 1.03. The first-order valence-electron chi connectivity index (χ1n) is 6.79. The van der Waals surface area contributed by atoms with Crippen LogP contribution in [0, 0.1) is 0 Å². The van der Waals surface area contributed by atoms with Crippen LogP contribution in [0.1, 0.15) is 24.0 Å². The Hall–Kier alpha value is -1.95. The molecular formula is C15H18N2O3S. The van der Waals surface area contributed by atoms with Crippen molar-refractivity contribution in [3.05, 3.63) is 35.4 Å². The first-order chi connectivity index (χ1) is 10.0. The van der Waals surface area contributed by atoms with Gasteiger partial charge >= 0.3 is 5.97 Å². The lowest BCUT2D eigenvalue weighted by Crippen LogP contribution is -2.41. The van der Waals surface area contributed by atoms with Gasteiger partial charge in [-0.15, -0.1) is 0 Å². The van der Waals surface area contributed by atoms with Crippen molar-refractivity contribution < 1.29 is 14.3 Å². The molecule has 1 aromatic carbocycles. The van der Waals surface area contributed by atoms with Crippen LogP contribution in [-0.4, -0.2) is 41.5 Å². The third-order valence-corrected chi connectivity index (χ3v) is 3.88. The number of nitrogens with zero attached hydrogens (tertiary/aromatic N) is 1. The van der Waals surface area contributed by atoms with Crippen molar-refractivity contribution in [3.8, 4) is 0 Å². The first kappa shape index (κ1) is 15.4. The lowest BCUT2D eigenvalue weighted by molar-refractivity contribution is -0.150. The maximum atomic E-state index is 12.3. The average Bonchev–Trinajstić information content (AvgIpc) is 2.96. The van der Waals surface area contributed by atoms with Crippen molar-refractivity contribution in [3.63, 3.8) is 0 Å². The first-order valence-corrected chi connectivity index (χ1v) is 7.20. The van der Waals surface area contributed by atoms with Gasteiger partial charge in [-0.2, -0.15) is 0 Å². The van der Waals surface area contributed by atoms with Crippen molar-refractivity contribution in [2.75, 3.05) is 13.7 Å². The zero-order valence-electron chi connectivity index (χ0n) is 11.9. The topological polar surface area (TPSA) is 72.6 Å². The minimum atomic E-state index is -0.446. The summed E-state index contributed by atoms with van der Waals surface area (Å²) in [7, 11) is 1.34. The lowest BCUT2D eigenvalue weighted by Gasteiger charge is -2.22. The molecule has 0 aliphatic carbocycles. The minimum Gasteiger partial charge on any atom is -0.467 e. The largest absolute Gasteiger partial charge is 0.467 e. The maximum Gasteiger partial charge on any atom is 0.328 e. The van der Waals surface area contributed by atoms with Crippen LogP contribution in [0.4, 0.5) is 0 Å². The number of rotatable bonds is 4. The molecule has 21 heavy (non-hydrogen) atoms. The molecule has 0 saturated carbocycles. The van der Waals surface area contributed by atoms with Gasteiger partial charge < -0.3 is 15.4 Å². The molecule has 1 amide bonds. The van der Waals surface area contributed by atoms with E-state index in [9.17, 15) is 9.59 Å². The highest BCUT2D eigenvalue weighted by molar-refractivity contribution is 7.80. The van der Waals surface area contributed by atoms with E-state index >= 15 is 0 Å². The number of esters is 1. The fourth-order valence-corrected chi connectivity index (χ4v) is 2.65.